The fourth-order valence-corrected chi connectivity index (χ4v) is 3.02. The highest BCUT2D eigenvalue weighted by atomic mass is 79.9. The van der Waals surface area contributed by atoms with Crippen LogP contribution in [0.4, 0.5) is 0 Å². The van der Waals surface area contributed by atoms with Gasteiger partial charge in [0.05, 0.1) is 11.1 Å². The van der Waals surface area contributed by atoms with Crippen molar-refractivity contribution in [3.8, 4) is 0 Å². The van der Waals surface area contributed by atoms with Crippen molar-refractivity contribution >= 4 is 27.5 Å². The molecule has 1 N–H and O–H groups in total. The number of benzene rings is 2. The monoisotopic (exact) mass is 365 g/mol. The lowest BCUT2D eigenvalue weighted by molar-refractivity contribution is 0.598. The van der Waals surface area contributed by atoms with Gasteiger partial charge in [0.15, 0.2) is 0 Å². The van der Waals surface area contributed by atoms with Gasteiger partial charge in [0.1, 0.15) is 0 Å². The molecule has 21 heavy (non-hydrogen) atoms. The van der Waals surface area contributed by atoms with Crippen molar-refractivity contribution in [2.75, 3.05) is 6.54 Å². The van der Waals surface area contributed by atoms with Crippen LogP contribution >= 0.6 is 27.5 Å². The minimum Gasteiger partial charge on any atom is -0.306 e. The van der Waals surface area contributed by atoms with Gasteiger partial charge in [-0.25, -0.2) is 0 Å². The SMILES string of the molecule is CCCNC(c1cc(C)cc(C)c1)c1ccc(Br)c(Cl)c1. The highest BCUT2D eigenvalue weighted by molar-refractivity contribution is 9.10. The van der Waals surface area contributed by atoms with Crippen molar-refractivity contribution in [2.24, 2.45) is 0 Å². The molecular weight excluding hydrogens is 346 g/mol. The smallest absolute Gasteiger partial charge is 0.0577 e. The number of halogens is 2. The fraction of sp³-hybridized carbons (Fsp3) is 0.333. The summed E-state index contributed by atoms with van der Waals surface area (Å²) in [7, 11) is 0. The average Bonchev–Trinajstić information content (AvgIpc) is 2.42. The Morgan fingerprint density at radius 2 is 1.71 bits per heavy atom. The molecule has 0 saturated heterocycles. The van der Waals surface area contributed by atoms with Crippen molar-refractivity contribution < 1.29 is 0 Å². The first-order chi connectivity index (χ1) is 10.0. The summed E-state index contributed by atoms with van der Waals surface area (Å²) in [5.74, 6) is 0. The van der Waals surface area contributed by atoms with E-state index in [0.29, 0.717) is 0 Å². The van der Waals surface area contributed by atoms with Crippen LogP contribution in [0.2, 0.25) is 5.02 Å². The molecule has 0 fully saturated rings. The molecule has 0 aromatic heterocycles. The van der Waals surface area contributed by atoms with Gasteiger partial charge in [-0.3, -0.25) is 0 Å². The topological polar surface area (TPSA) is 12.0 Å². The third-order valence-electron chi connectivity index (χ3n) is 3.45. The number of hydrogen-bond donors (Lipinski definition) is 1. The first-order valence-electron chi connectivity index (χ1n) is 7.27. The van der Waals surface area contributed by atoms with E-state index in [9.17, 15) is 0 Å². The molecule has 0 aliphatic carbocycles. The van der Waals surface area contributed by atoms with Gasteiger partial charge < -0.3 is 5.32 Å². The molecule has 0 bridgehead atoms. The van der Waals surface area contributed by atoms with Gasteiger partial charge in [-0.05, 0) is 66.0 Å². The molecule has 2 rings (SSSR count). The maximum atomic E-state index is 6.27. The first-order valence-corrected chi connectivity index (χ1v) is 8.45. The van der Waals surface area contributed by atoms with Gasteiger partial charge in [-0.15, -0.1) is 0 Å². The Labute approximate surface area is 140 Å². The number of rotatable bonds is 5. The molecule has 1 nitrogen and oxygen atoms in total. The number of nitrogens with one attached hydrogen (secondary N) is 1. The fourth-order valence-electron chi connectivity index (χ4n) is 2.59. The lowest BCUT2D eigenvalue weighted by Gasteiger charge is -2.21. The zero-order chi connectivity index (χ0) is 15.4. The maximum Gasteiger partial charge on any atom is 0.0577 e. The van der Waals surface area contributed by atoms with E-state index in [4.69, 9.17) is 11.6 Å². The standard InChI is InChI=1S/C18H21BrClN/c1-4-7-21-18(14-5-6-16(19)17(20)11-14)15-9-12(2)8-13(3)10-15/h5-6,8-11,18,21H,4,7H2,1-3H3. The van der Waals surface area contributed by atoms with E-state index in [1.54, 1.807) is 0 Å². The minimum absolute atomic E-state index is 0.175. The maximum absolute atomic E-state index is 6.27. The van der Waals surface area contributed by atoms with Crippen molar-refractivity contribution in [3.63, 3.8) is 0 Å². The molecule has 0 heterocycles. The van der Waals surface area contributed by atoms with E-state index in [0.717, 1.165) is 22.5 Å². The summed E-state index contributed by atoms with van der Waals surface area (Å²) < 4.78 is 0.933. The second-order valence-electron chi connectivity index (χ2n) is 5.48. The van der Waals surface area contributed by atoms with Crippen LogP contribution < -0.4 is 5.32 Å². The molecule has 0 saturated carbocycles. The summed E-state index contributed by atoms with van der Waals surface area (Å²) in [5, 5.41) is 4.38. The Kier molecular flexibility index (Phi) is 5.86. The lowest BCUT2D eigenvalue weighted by atomic mass is 9.95. The predicted molar refractivity (Wildman–Crippen MR) is 95.2 cm³/mol. The average molecular weight is 367 g/mol. The van der Waals surface area contributed by atoms with Crippen molar-refractivity contribution in [2.45, 2.75) is 33.2 Å². The number of hydrogen-bond acceptors (Lipinski definition) is 1. The molecule has 0 aliphatic heterocycles. The highest BCUT2D eigenvalue weighted by Gasteiger charge is 2.15. The second-order valence-corrected chi connectivity index (χ2v) is 6.74. The first kappa shape index (κ1) is 16.5. The highest BCUT2D eigenvalue weighted by Crippen LogP contribution is 2.30. The number of aryl methyl sites for hydroxylation is 2. The van der Waals surface area contributed by atoms with Gasteiger partial charge in [-0.1, -0.05) is 53.9 Å². The molecular formula is C18H21BrClN. The lowest BCUT2D eigenvalue weighted by Crippen LogP contribution is -2.23. The molecule has 1 unspecified atom stereocenters. The van der Waals surface area contributed by atoms with Crippen molar-refractivity contribution in [1.82, 2.24) is 5.32 Å². The summed E-state index contributed by atoms with van der Waals surface area (Å²) in [4.78, 5) is 0. The Bertz CT molecular complexity index is 604. The van der Waals surface area contributed by atoms with Gasteiger partial charge >= 0.3 is 0 Å². The Balaban J connectivity index is 2.43. The van der Waals surface area contributed by atoms with Crippen molar-refractivity contribution in [3.05, 3.63) is 68.1 Å². The second kappa shape index (κ2) is 7.44. The van der Waals surface area contributed by atoms with E-state index in [1.807, 2.05) is 12.1 Å². The van der Waals surface area contributed by atoms with Gasteiger partial charge in [0.2, 0.25) is 0 Å². The minimum atomic E-state index is 0.175. The Morgan fingerprint density at radius 1 is 1.05 bits per heavy atom. The van der Waals surface area contributed by atoms with Gasteiger partial charge in [-0.2, -0.15) is 0 Å². The van der Waals surface area contributed by atoms with Crippen LogP contribution in [-0.4, -0.2) is 6.54 Å². The third-order valence-corrected chi connectivity index (χ3v) is 4.69. The summed E-state index contributed by atoms with van der Waals surface area (Å²) in [6, 6.07) is 13.1. The molecule has 0 radical (unpaired) electrons. The van der Waals surface area contributed by atoms with E-state index in [-0.39, 0.29) is 6.04 Å². The van der Waals surface area contributed by atoms with Crippen LogP contribution in [0.3, 0.4) is 0 Å². The molecule has 0 aliphatic rings. The Morgan fingerprint density at radius 3 is 2.29 bits per heavy atom. The van der Waals surface area contributed by atoms with Crippen LogP contribution in [0.5, 0.6) is 0 Å². The van der Waals surface area contributed by atoms with Crippen LogP contribution in [0.1, 0.15) is 41.6 Å². The van der Waals surface area contributed by atoms with Crippen LogP contribution in [0, 0.1) is 13.8 Å². The molecule has 2 aromatic carbocycles. The van der Waals surface area contributed by atoms with E-state index in [1.165, 1.54) is 22.3 Å². The van der Waals surface area contributed by atoms with Gasteiger partial charge in [0.25, 0.3) is 0 Å². The van der Waals surface area contributed by atoms with Crippen LogP contribution in [-0.2, 0) is 0 Å². The van der Waals surface area contributed by atoms with Gasteiger partial charge in [0, 0.05) is 4.47 Å². The Hall–Kier alpha value is -0.830. The molecule has 0 amide bonds. The van der Waals surface area contributed by atoms with E-state index < -0.39 is 0 Å². The van der Waals surface area contributed by atoms with E-state index >= 15 is 0 Å². The van der Waals surface area contributed by atoms with Crippen LogP contribution in [0.15, 0.2) is 40.9 Å². The molecule has 2 aromatic rings. The quantitative estimate of drug-likeness (QED) is 0.704. The third kappa shape index (κ3) is 4.32. The summed E-state index contributed by atoms with van der Waals surface area (Å²) >= 11 is 9.73. The predicted octanol–water partition coefficient (Wildman–Crippen LogP) is 5.81. The zero-order valence-electron chi connectivity index (χ0n) is 12.7. The largest absolute Gasteiger partial charge is 0.306 e. The molecule has 0 spiro atoms. The zero-order valence-corrected chi connectivity index (χ0v) is 15.1. The molecule has 112 valence electrons. The summed E-state index contributed by atoms with van der Waals surface area (Å²) in [6.45, 7) is 7.44. The molecule has 3 heteroatoms. The van der Waals surface area contributed by atoms with Crippen LogP contribution in [0.25, 0.3) is 0 Å². The summed E-state index contributed by atoms with van der Waals surface area (Å²) in [5.41, 5.74) is 5.06. The van der Waals surface area contributed by atoms with Crippen molar-refractivity contribution in [1.29, 1.82) is 0 Å². The normalized spacial score (nSPS) is 12.4. The van der Waals surface area contributed by atoms with E-state index in [2.05, 4.69) is 66.3 Å². The molecule has 1 atom stereocenters. The summed E-state index contributed by atoms with van der Waals surface area (Å²) in [6.07, 6.45) is 1.10.